The van der Waals surface area contributed by atoms with Crippen LogP contribution in [0.25, 0.3) is 0 Å². The second kappa shape index (κ2) is 8.06. The first-order valence-corrected chi connectivity index (χ1v) is 10.7. The smallest absolute Gasteiger partial charge is 0.260 e. The van der Waals surface area contributed by atoms with E-state index in [1.807, 2.05) is 30.3 Å². The van der Waals surface area contributed by atoms with Crippen LogP contribution >= 0.6 is 0 Å². The Morgan fingerprint density at radius 1 is 1.12 bits per heavy atom. The fourth-order valence-electron chi connectivity index (χ4n) is 4.50. The third-order valence-electron chi connectivity index (χ3n) is 5.97. The minimum absolute atomic E-state index is 0.0247. The molecule has 5 atom stereocenters. The van der Waals surface area contributed by atoms with Crippen molar-refractivity contribution in [2.45, 2.75) is 63.4 Å². The van der Waals surface area contributed by atoms with E-state index < -0.39 is 36.5 Å². The molecule has 8 heteroatoms. The SMILES string of the molecule is CC1(C)O[C@H]2O[C@H]([C@H](O)CC3=[N+]([O-])c4ccccc4C3=O)[C@H](OCc3ccccc3)[C@H]2O1. The lowest BCUT2D eigenvalue weighted by molar-refractivity contribution is -0.358. The first kappa shape index (κ1) is 21.2. The fourth-order valence-corrected chi connectivity index (χ4v) is 4.50. The van der Waals surface area contributed by atoms with Crippen LogP contribution in [-0.2, 0) is 25.6 Å². The lowest BCUT2D eigenvalue weighted by atomic mass is 9.98. The Hall–Kier alpha value is -2.62. The molecule has 0 aromatic heterocycles. The second-order valence-electron chi connectivity index (χ2n) is 8.69. The summed E-state index contributed by atoms with van der Waals surface area (Å²) in [6, 6.07) is 16.2. The summed E-state index contributed by atoms with van der Waals surface area (Å²) >= 11 is 0. The van der Waals surface area contributed by atoms with Crippen LogP contribution in [0.4, 0.5) is 5.69 Å². The van der Waals surface area contributed by atoms with E-state index in [4.69, 9.17) is 18.9 Å². The Morgan fingerprint density at radius 2 is 1.84 bits per heavy atom. The molecule has 0 saturated carbocycles. The molecule has 0 bridgehead atoms. The summed E-state index contributed by atoms with van der Waals surface area (Å²) in [5.41, 5.74) is 1.56. The summed E-state index contributed by atoms with van der Waals surface area (Å²) in [5.74, 6) is -1.23. The van der Waals surface area contributed by atoms with Crippen LogP contribution in [-0.4, -0.2) is 57.8 Å². The van der Waals surface area contributed by atoms with Gasteiger partial charge in [-0.05, 0) is 25.5 Å². The van der Waals surface area contributed by atoms with Crippen molar-refractivity contribution in [1.29, 1.82) is 0 Å². The van der Waals surface area contributed by atoms with E-state index in [1.54, 1.807) is 38.1 Å². The molecule has 2 saturated heterocycles. The monoisotopic (exact) mass is 439 g/mol. The molecule has 1 N–H and O–H groups in total. The van der Waals surface area contributed by atoms with Gasteiger partial charge in [-0.15, -0.1) is 0 Å². The van der Waals surface area contributed by atoms with Crippen molar-refractivity contribution in [2.75, 3.05) is 0 Å². The first-order chi connectivity index (χ1) is 15.3. The average molecular weight is 439 g/mol. The Balaban J connectivity index is 1.35. The topological polar surface area (TPSA) is 100 Å². The fraction of sp³-hybridized carbons (Fsp3) is 0.417. The van der Waals surface area contributed by atoms with Crippen molar-refractivity contribution < 1.29 is 33.6 Å². The van der Waals surface area contributed by atoms with E-state index in [0.29, 0.717) is 16.9 Å². The Morgan fingerprint density at radius 3 is 2.59 bits per heavy atom. The number of rotatable bonds is 6. The first-order valence-electron chi connectivity index (χ1n) is 10.7. The minimum atomic E-state index is -1.17. The number of fused-ring (bicyclic) bond motifs is 2. The summed E-state index contributed by atoms with van der Waals surface area (Å²) < 4.78 is 24.5. The van der Waals surface area contributed by atoms with Crippen LogP contribution in [0.3, 0.4) is 0 Å². The zero-order chi connectivity index (χ0) is 22.5. The van der Waals surface area contributed by atoms with Gasteiger partial charge in [0, 0.05) is 6.07 Å². The maximum atomic E-state index is 12.7. The van der Waals surface area contributed by atoms with Gasteiger partial charge in [0.2, 0.25) is 11.4 Å². The number of hydrogen-bond acceptors (Lipinski definition) is 7. The summed E-state index contributed by atoms with van der Waals surface area (Å²) in [7, 11) is 0. The van der Waals surface area contributed by atoms with Crippen LogP contribution in [0.15, 0.2) is 54.6 Å². The number of nitrogens with zero attached hydrogens (tertiary/aromatic N) is 1. The molecule has 0 aliphatic carbocycles. The predicted molar refractivity (Wildman–Crippen MR) is 113 cm³/mol. The maximum absolute atomic E-state index is 12.7. The Bertz CT molecular complexity index is 1050. The third kappa shape index (κ3) is 3.74. The molecule has 5 rings (SSSR count). The van der Waals surface area contributed by atoms with Crippen LogP contribution in [0.5, 0.6) is 0 Å². The average Bonchev–Trinajstić information content (AvgIpc) is 3.35. The summed E-state index contributed by atoms with van der Waals surface area (Å²) in [6.45, 7) is 3.86. The van der Waals surface area contributed by atoms with E-state index in [2.05, 4.69) is 0 Å². The number of ketones is 1. The van der Waals surface area contributed by atoms with Crippen molar-refractivity contribution in [3.63, 3.8) is 0 Å². The largest absolute Gasteiger partial charge is 0.618 e. The molecule has 0 radical (unpaired) electrons. The van der Waals surface area contributed by atoms with Crippen LogP contribution in [0.2, 0.25) is 0 Å². The van der Waals surface area contributed by atoms with Gasteiger partial charge in [-0.25, -0.2) is 0 Å². The molecule has 0 unspecified atom stereocenters. The molecule has 0 amide bonds. The lowest BCUT2D eigenvalue weighted by Crippen LogP contribution is -2.44. The second-order valence-corrected chi connectivity index (χ2v) is 8.69. The van der Waals surface area contributed by atoms with E-state index in [-0.39, 0.29) is 23.6 Å². The Kier molecular flexibility index (Phi) is 5.35. The van der Waals surface area contributed by atoms with Gasteiger partial charge in [-0.3, -0.25) is 4.79 Å². The molecule has 32 heavy (non-hydrogen) atoms. The number of carbonyl (C=O) groups is 1. The molecule has 8 nitrogen and oxygen atoms in total. The van der Waals surface area contributed by atoms with Crippen LogP contribution < -0.4 is 0 Å². The van der Waals surface area contributed by atoms with Crippen LogP contribution in [0, 0.1) is 5.21 Å². The van der Waals surface area contributed by atoms with E-state index >= 15 is 0 Å². The molecule has 168 valence electrons. The zero-order valence-electron chi connectivity index (χ0n) is 17.8. The van der Waals surface area contributed by atoms with Gasteiger partial charge in [-0.2, -0.15) is 4.74 Å². The molecule has 2 aromatic rings. The molecular formula is C24H25NO7. The standard InChI is InChI=1S/C24H25NO7/c1-24(2)31-22-21(29-13-14-8-4-3-5-9-14)20(30-23(22)32-24)18(26)12-17-19(27)15-10-6-7-11-16(15)25(17)28/h3-11,18,20-23,26H,12-13H2,1-2H3/t18-,20-,21+,22-,23-/m1/s1. The normalized spacial score (nSPS) is 29.3. The molecule has 0 spiro atoms. The molecule has 2 fully saturated rings. The Labute approximate surface area is 185 Å². The van der Waals surface area contributed by atoms with Crippen LogP contribution in [0.1, 0.15) is 36.2 Å². The van der Waals surface area contributed by atoms with Crippen molar-refractivity contribution in [3.8, 4) is 0 Å². The molecule has 2 aromatic carbocycles. The van der Waals surface area contributed by atoms with Gasteiger partial charge < -0.3 is 29.3 Å². The highest BCUT2D eigenvalue weighted by molar-refractivity contribution is 6.47. The van der Waals surface area contributed by atoms with Crippen molar-refractivity contribution in [3.05, 3.63) is 70.9 Å². The molecule has 3 aliphatic rings. The quantitative estimate of drug-likeness (QED) is 0.546. The summed E-state index contributed by atoms with van der Waals surface area (Å²) in [4.78, 5) is 12.7. The number of aliphatic hydroxyl groups excluding tert-OH is 1. The van der Waals surface area contributed by atoms with Gasteiger partial charge in [0.25, 0.3) is 5.78 Å². The summed E-state index contributed by atoms with van der Waals surface area (Å²) in [6.07, 6.45) is -4.07. The van der Waals surface area contributed by atoms with E-state index in [1.165, 1.54) is 0 Å². The summed E-state index contributed by atoms with van der Waals surface area (Å²) in [5, 5.41) is 23.7. The highest BCUT2D eigenvalue weighted by atomic mass is 16.8. The van der Waals surface area contributed by atoms with Gasteiger partial charge in [0.15, 0.2) is 12.1 Å². The highest BCUT2D eigenvalue weighted by Gasteiger charge is 2.57. The number of Topliss-reactive ketones (excluding diaryl/α,β-unsaturated/α-hetero) is 1. The van der Waals surface area contributed by atoms with Gasteiger partial charge in [0.05, 0.1) is 19.1 Å². The lowest BCUT2D eigenvalue weighted by Gasteiger charge is -2.28. The van der Waals surface area contributed by atoms with E-state index in [0.717, 1.165) is 5.56 Å². The van der Waals surface area contributed by atoms with Crippen molar-refractivity contribution in [2.24, 2.45) is 0 Å². The van der Waals surface area contributed by atoms with Gasteiger partial charge in [-0.1, -0.05) is 42.5 Å². The van der Waals surface area contributed by atoms with Gasteiger partial charge in [0.1, 0.15) is 23.9 Å². The van der Waals surface area contributed by atoms with Crippen molar-refractivity contribution >= 4 is 17.2 Å². The molecule has 3 heterocycles. The number of aliphatic hydroxyl groups is 1. The number of para-hydroxylation sites is 1. The third-order valence-corrected chi connectivity index (χ3v) is 5.97. The zero-order valence-corrected chi connectivity index (χ0v) is 17.8. The maximum Gasteiger partial charge on any atom is 0.260 e. The van der Waals surface area contributed by atoms with E-state index in [9.17, 15) is 15.1 Å². The van der Waals surface area contributed by atoms with Crippen molar-refractivity contribution in [1.82, 2.24) is 0 Å². The molecular weight excluding hydrogens is 414 g/mol. The number of benzene rings is 2. The number of hydrogen-bond donors (Lipinski definition) is 1. The highest BCUT2D eigenvalue weighted by Crippen LogP contribution is 2.40. The van der Waals surface area contributed by atoms with Gasteiger partial charge >= 0.3 is 0 Å². The number of ether oxygens (including phenoxy) is 4. The predicted octanol–water partition coefficient (Wildman–Crippen LogP) is 2.68. The minimum Gasteiger partial charge on any atom is -0.618 e. The molecule has 3 aliphatic heterocycles. The number of carbonyl (C=O) groups excluding carboxylic acids is 1.